The summed E-state index contributed by atoms with van der Waals surface area (Å²) in [7, 11) is 1.46. The monoisotopic (exact) mass is 316 g/mol. The second-order valence-corrected chi connectivity index (χ2v) is 6.09. The second kappa shape index (κ2) is 6.02. The number of carboxylic acids is 1. The van der Waals surface area contributed by atoms with Gasteiger partial charge in [0, 0.05) is 18.4 Å². The summed E-state index contributed by atoms with van der Waals surface area (Å²) in [6.45, 7) is 0. The van der Waals surface area contributed by atoms with Crippen LogP contribution in [0.15, 0.2) is 16.2 Å². The van der Waals surface area contributed by atoms with E-state index < -0.39 is 17.9 Å². The Morgan fingerprint density at radius 3 is 2.95 bits per heavy atom. The van der Waals surface area contributed by atoms with E-state index in [-0.39, 0.29) is 27.5 Å². The molecule has 9 heteroatoms. The minimum atomic E-state index is -1.25. The molecule has 108 valence electrons. The van der Waals surface area contributed by atoms with Gasteiger partial charge >= 0.3 is 5.97 Å². The summed E-state index contributed by atoms with van der Waals surface area (Å²) in [4.78, 5) is 35.5. The van der Waals surface area contributed by atoms with Crippen molar-refractivity contribution in [2.24, 2.45) is 5.73 Å². The van der Waals surface area contributed by atoms with Crippen LogP contribution < -0.4 is 5.73 Å². The fourth-order valence-electron chi connectivity index (χ4n) is 1.99. The largest absolute Gasteiger partial charge is 0.477 e. The Labute approximate surface area is 123 Å². The highest BCUT2D eigenvalue weighted by Crippen LogP contribution is 2.42. The lowest BCUT2D eigenvalue weighted by atomic mass is 10.0. The smallest absolute Gasteiger partial charge is 0.353 e. The van der Waals surface area contributed by atoms with Gasteiger partial charge in [0.2, 0.25) is 5.91 Å². The maximum Gasteiger partial charge on any atom is 0.353 e. The van der Waals surface area contributed by atoms with Gasteiger partial charge in [0.25, 0.3) is 0 Å². The van der Waals surface area contributed by atoms with Crippen LogP contribution in [0, 0.1) is 0 Å². The second-order valence-electron chi connectivity index (χ2n) is 4.05. The Morgan fingerprint density at radius 1 is 1.70 bits per heavy atom. The molecule has 3 N–H and O–H groups in total. The summed E-state index contributed by atoms with van der Waals surface area (Å²) in [5.74, 6) is 0.518. The normalized spacial score (nSPS) is 24.9. The highest BCUT2D eigenvalue weighted by Gasteiger charge is 2.52. The van der Waals surface area contributed by atoms with Crippen molar-refractivity contribution in [3.63, 3.8) is 0 Å². The van der Waals surface area contributed by atoms with Crippen molar-refractivity contribution in [2.75, 3.05) is 18.8 Å². The number of methoxy groups -OCH3 is 1. The van der Waals surface area contributed by atoms with Gasteiger partial charge < -0.3 is 15.6 Å². The van der Waals surface area contributed by atoms with E-state index in [9.17, 15) is 19.5 Å². The number of ether oxygens (including phenoxy) is 1. The molecule has 2 unspecified atom stereocenters. The fourth-order valence-corrected chi connectivity index (χ4v) is 4.02. The first-order chi connectivity index (χ1) is 9.52. The number of thioether (sulfide) groups is 2. The Bertz CT molecular complexity index is 541. The van der Waals surface area contributed by atoms with Crippen LogP contribution in [0.5, 0.6) is 0 Å². The van der Waals surface area contributed by atoms with Gasteiger partial charge in [-0.05, 0) is 0 Å². The summed E-state index contributed by atoms with van der Waals surface area (Å²) in [6, 6.07) is -0.689. The fraction of sp³-hybridized carbons (Fsp3) is 0.455. The number of fused-ring (bicyclic) bond motifs is 1. The molecule has 2 atom stereocenters. The van der Waals surface area contributed by atoms with Crippen LogP contribution in [0.4, 0.5) is 0 Å². The molecule has 2 aliphatic heterocycles. The zero-order valence-corrected chi connectivity index (χ0v) is 12.1. The average molecular weight is 316 g/mol. The zero-order valence-electron chi connectivity index (χ0n) is 10.5. The van der Waals surface area contributed by atoms with Crippen molar-refractivity contribution in [3.8, 4) is 0 Å². The van der Waals surface area contributed by atoms with Crippen LogP contribution in [0.1, 0.15) is 0 Å². The molecule has 1 amide bonds. The van der Waals surface area contributed by atoms with Crippen LogP contribution in [-0.4, -0.2) is 58.0 Å². The lowest BCUT2D eigenvalue weighted by molar-refractivity contribution is -0.147. The average Bonchev–Trinajstić information content (AvgIpc) is 2.46. The molecule has 2 heterocycles. The van der Waals surface area contributed by atoms with E-state index in [4.69, 9.17) is 10.5 Å². The maximum absolute atomic E-state index is 11.7. The standard InChI is InChI=1S/C11H12N2O5S2/c1-18-4-20-6(2-14)5-3-19-10-7(12)9(15)13(10)8(5)11(16)17/h7,10H,3-4,12H2,1H3,(H,16,17). The van der Waals surface area contributed by atoms with E-state index in [1.165, 1.54) is 18.9 Å². The number of carbonyl (C=O) groups is 2. The van der Waals surface area contributed by atoms with Gasteiger partial charge in [-0.1, -0.05) is 11.8 Å². The van der Waals surface area contributed by atoms with E-state index in [1.54, 1.807) is 5.94 Å². The summed E-state index contributed by atoms with van der Waals surface area (Å²) in [5.41, 5.74) is 5.75. The minimum absolute atomic E-state index is 0.142. The van der Waals surface area contributed by atoms with Crippen molar-refractivity contribution >= 4 is 41.3 Å². The van der Waals surface area contributed by atoms with Crippen molar-refractivity contribution in [2.45, 2.75) is 11.4 Å². The third kappa shape index (κ3) is 2.38. The number of carboxylic acid groups (broad SMARTS) is 1. The summed E-state index contributed by atoms with van der Waals surface area (Å²) < 4.78 is 4.85. The van der Waals surface area contributed by atoms with Crippen LogP contribution >= 0.6 is 23.5 Å². The molecule has 0 aromatic heterocycles. The van der Waals surface area contributed by atoms with Crippen LogP contribution in [0.3, 0.4) is 0 Å². The molecule has 2 aliphatic rings. The van der Waals surface area contributed by atoms with Crippen LogP contribution in [0.25, 0.3) is 0 Å². The third-order valence-electron chi connectivity index (χ3n) is 2.90. The lowest BCUT2D eigenvalue weighted by Gasteiger charge is -2.47. The van der Waals surface area contributed by atoms with Crippen molar-refractivity contribution < 1.29 is 24.2 Å². The van der Waals surface area contributed by atoms with Gasteiger partial charge in [0.05, 0.1) is 10.8 Å². The Hall–Kier alpha value is -1.25. The topological polar surface area (TPSA) is 110 Å². The Balaban J connectivity index is 2.40. The number of hydrogen-bond donors (Lipinski definition) is 2. The molecule has 1 saturated heterocycles. The van der Waals surface area contributed by atoms with Crippen LogP contribution in [0.2, 0.25) is 0 Å². The molecule has 0 aromatic carbocycles. The number of rotatable bonds is 5. The molecule has 0 radical (unpaired) electrons. The SMILES string of the molecule is COCSC(=C=O)C1=C(C(=O)O)N2C(=O)C(N)C2SC1. The summed E-state index contributed by atoms with van der Waals surface area (Å²) in [5, 5.41) is 8.94. The molecule has 0 spiro atoms. The first-order valence-corrected chi connectivity index (χ1v) is 7.60. The van der Waals surface area contributed by atoms with Gasteiger partial charge in [0.15, 0.2) is 0 Å². The number of nitrogens with two attached hydrogens (primary N) is 1. The first-order valence-electron chi connectivity index (χ1n) is 5.56. The number of carbonyl (C=O) groups excluding carboxylic acids is 2. The molecular weight excluding hydrogens is 304 g/mol. The lowest BCUT2D eigenvalue weighted by Crippen LogP contribution is -2.68. The number of aliphatic carboxylic acids is 1. The van der Waals surface area contributed by atoms with E-state index in [0.717, 1.165) is 16.7 Å². The predicted octanol–water partition coefficient (Wildman–Crippen LogP) is -0.380. The number of β-lactam (4-membered cyclic amide) rings is 1. The number of allylic oxidation sites excluding steroid dienone is 1. The highest BCUT2D eigenvalue weighted by molar-refractivity contribution is 8.03. The molecule has 20 heavy (non-hydrogen) atoms. The Kier molecular flexibility index (Phi) is 4.56. The molecule has 0 aliphatic carbocycles. The molecule has 0 bridgehead atoms. The minimum Gasteiger partial charge on any atom is -0.477 e. The van der Waals surface area contributed by atoms with Crippen molar-refractivity contribution in [1.82, 2.24) is 4.90 Å². The first kappa shape index (κ1) is 15.1. The molecular formula is C11H12N2O5S2. The van der Waals surface area contributed by atoms with Crippen LogP contribution in [-0.2, 0) is 19.1 Å². The maximum atomic E-state index is 11.7. The summed E-state index contributed by atoms with van der Waals surface area (Å²) >= 11 is 2.38. The van der Waals surface area contributed by atoms with Gasteiger partial charge in [-0.2, -0.15) is 0 Å². The van der Waals surface area contributed by atoms with E-state index in [1.807, 2.05) is 0 Å². The molecule has 7 nitrogen and oxygen atoms in total. The highest BCUT2D eigenvalue weighted by atomic mass is 32.2. The summed E-state index contributed by atoms with van der Waals surface area (Å²) in [6.07, 6.45) is 0. The molecule has 0 saturated carbocycles. The number of hydrogen-bond acceptors (Lipinski definition) is 7. The van der Waals surface area contributed by atoms with Gasteiger partial charge in [-0.15, -0.1) is 11.8 Å². The number of nitrogens with zero attached hydrogens (tertiary/aromatic N) is 1. The van der Waals surface area contributed by atoms with E-state index in [0.29, 0.717) is 5.75 Å². The quantitative estimate of drug-likeness (QED) is 0.401. The van der Waals surface area contributed by atoms with E-state index >= 15 is 0 Å². The number of amides is 1. The third-order valence-corrected chi connectivity index (χ3v) is 5.17. The van der Waals surface area contributed by atoms with Gasteiger partial charge in [-0.25, -0.2) is 9.59 Å². The Morgan fingerprint density at radius 2 is 2.40 bits per heavy atom. The molecule has 1 fully saturated rings. The van der Waals surface area contributed by atoms with Crippen molar-refractivity contribution in [1.29, 1.82) is 0 Å². The zero-order chi connectivity index (χ0) is 14.9. The predicted molar refractivity (Wildman–Crippen MR) is 74.4 cm³/mol. The van der Waals surface area contributed by atoms with Gasteiger partial charge in [-0.3, -0.25) is 9.69 Å². The van der Waals surface area contributed by atoms with E-state index in [2.05, 4.69) is 0 Å². The van der Waals surface area contributed by atoms with Gasteiger partial charge in [0.1, 0.15) is 23.1 Å². The van der Waals surface area contributed by atoms with Crippen molar-refractivity contribution in [3.05, 3.63) is 16.2 Å². The molecule has 2 rings (SSSR count). The molecule has 0 aromatic rings.